The van der Waals surface area contributed by atoms with Crippen molar-refractivity contribution in [3.05, 3.63) is 23.9 Å². The smallest absolute Gasteiger partial charge is 0.143 e. The van der Waals surface area contributed by atoms with Crippen molar-refractivity contribution < 1.29 is 10.2 Å². The number of nitrogens with one attached hydrogen (secondary N) is 2. The predicted octanol–water partition coefficient (Wildman–Crippen LogP) is 1.34. The normalized spacial score (nSPS) is 11.0. The Morgan fingerprint density at radius 3 is 2.87 bits per heavy atom. The molecule has 0 saturated heterocycles. The summed E-state index contributed by atoms with van der Waals surface area (Å²) < 4.78 is 0. The minimum Gasteiger partial charge on any atom is -0.508 e. The Labute approximate surface area is 87.6 Å². The Hall–Kier alpha value is -1.68. The molecule has 15 heavy (non-hydrogen) atoms. The summed E-state index contributed by atoms with van der Waals surface area (Å²) in [6, 6.07) is 3.00. The average molecular weight is 206 g/mol. The van der Waals surface area contributed by atoms with E-state index in [0.29, 0.717) is 5.52 Å². The van der Waals surface area contributed by atoms with Crippen LogP contribution in [0.1, 0.15) is 5.56 Å². The fourth-order valence-corrected chi connectivity index (χ4v) is 1.72. The van der Waals surface area contributed by atoms with Crippen LogP contribution in [0.2, 0.25) is 0 Å². The second-order valence-electron chi connectivity index (χ2n) is 3.55. The molecular weight excluding hydrogens is 192 g/mol. The van der Waals surface area contributed by atoms with Crippen LogP contribution < -0.4 is 5.32 Å². The van der Waals surface area contributed by atoms with E-state index in [2.05, 4.69) is 10.3 Å². The van der Waals surface area contributed by atoms with Gasteiger partial charge in [0.25, 0.3) is 0 Å². The first kappa shape index (κ1) is 9.86. The van der Waals surface area contributed by atoms with Gasteiger partial charge in [-0.25, -0.2) is 0 Å². The second kappa shape index (κ2) is 3.82. The summed E-state index contributed by atoms with van der Waals surface area (Å²) in [5.74, 6) is 0.172. The lowest BCUT2D eigenvalue weighted by Gasteiger charge is -2.00. The molecule has 0 bridgehead atoms. The van der Waals surface area contributed by atoms with Crippen LogP contribution in [0, 0.1) is 0 Å². The molecule has 0 atom stereocenters. The van der Waals surface area contributed by atoms with E-state index in [4.69, 9.17) is 0 Å². The van der Waals surface area contributed by atoms with E-state index in [1.165, 1.54) is 6.07 Å². The van der Waals surface area contributed by atoms with Crippen molar-refractivity contribution in [2.24, 2.45) is 0 Å². The zero-order valence-electron chi connectivity index (χ0n) is 8.54. The van der Waals surface area contributed by atoms with Gasteiger partial charge in [0.1, 0.15) is 11.5 Å². The number of hydrogen-bond acceptors (Lipinski definition) is 3. The minimum atomic E-state index is 0.0840. The summed E-state index contributed by atoms with van der Waals surface area (Å²) in [5.41, 5.74) is 1.77. The summed E-state index contributed by atoms with van der Waals surface area (Å²) in [6.07, 6.45) is 2.72. The number of phenolic OH excluding ortho intramolecular Hbond substituents is 2. The van der Waals surface area contributed by atoms with E-state index in [1.54, 1.807) is 6.07 Å². The summed E-state index contributed by atoms with van der Waals surface area (Å²) in [6.45, 7) is 0.864. The van der Waals surface area contributed by atoms with Gasteiger partial charge >= 0.3 is 0 Å². The number of phenols is 2. The Balaban J connectivity index is 2.49. The number of fused-ring (bicyclic) bond motifs is 1. The maximum absolute atomic E-state index is 9.58. The van der Waals surface area contributed by atoms with Crippen LogP contribution in [-0.2, 0) is 6.42 Å². The third-order valence-corrected chi connectivity index (χ3v) is 2.48. The molecule has 0 aliphatic heterocycles. The zero-order chi connectivity index (χ0) is 10.8. The van der Waals surface area contributed by atoms with E-state index in [1.807, 2.05) is 13.2 Å². The second-order valence-corrected chi connectivity index (χ2v) is 3.55. The summed E-state index contributed by atoms with van der Waals surface area (Å²) in [4.78, 5) is 3.00. The molecule has 1 aromatic carbocycles. The number of rotatable bonds is 3. The lowest BCUT2D eigenvalue weighted by molar-refractivity contribution is 0.454. The lowest BCUT2D eigenvalue weighted by atomic mass is 10.1. The highest BCUT2D eigenvalue weighted by molar-refractivity contribution is 5.89. The first-order valence-electron chi connectivity index (χ1n) is 4.89. The van der Waals surface area contributed by atoms with Gasteiger partial charge in [0.15, 0.2) is 0 Å². The molecule has 0 spiro atoms. The number of benzene rings is 1. The number of aromatic amines is 1. The highest BCUT2D eigenvalue weighted by Gasteiger charge is 2.08. The van der Waals surface area contributed by atoms with Crippen LogP contribution in [0.4, 0.5) is 0 Å². The molecule has 80 valence electrons. The van der Waals surface area contributed by atoms with E-state index in [0.717, 1.165) is 23.9 Å². The average Bonchev–Trinajstić information content (AvgIpc) is 2.58. The molecule has 2 rings (SSSR count). The molecule has 4 nitrogen and oxygen atoms in total. The molecule has 0 radical (unpaired) electrons. The quantitative estimate of drug-likeness (QED) is 0.612. The topological polar surface area (TPSA) is 68.3 Å². The van der Waals surface area contributed by atoms with Crippen molar-refractivity contribution in [2.75, 3.05) is 13.6 Å². The minimum absolute atomic E-state index is 0.0840. The maximum atomic E-state index is 9.58. The van der Waals surface area contributed by atoms with Crippen molar-refractivity contribution in [1.82, 2.24) is 10.3 Å². The van der Waals surface area contributed by atoms with Crippen molar-refractivity contribution in [3.63, 3.8) is 0 Å². The molecule has 1 heterocycles. The van der Waals surface area contributed by atoms with Gasteiger partial charge in [-0.1, -0.05) is 0 Å². The fraction of sp³-hybridized carbons (Fsp3) is 0.273. The highest BCUT2D eigenvalue weighted by atomic mass is 16.3. The Bertz CT molecular complexity index is 477. The summed E-state index contributed by atoms with van der Waals surface area (Å²) in [7, 11) is 1.89. The highest BCUT2D eigenvalue weighted by Crippen LogP contribution is 2.31. The predicted molar refractivity (Wildman–Crippen MR) is 59.3 cm³/mol. The van der Waals surface area contributed by atoms with E-state index in [9.17, 15) is 10.2 Å². The van der Waals surface area contributed by atoms with Crippen molar-refractivity contribution in [2.45, 2.75) is 6.42 Å². The summed E-state index contributed by atoms with van der Waals surface area (Å²) >= 11 is 0. The lowest BCUT2D eigenvalue weighted by Crippen LogP contribution is -2.09. The van der Waals surface area contributed by atoms with Crippen LogP contribution in [0.5, 0.6) is 11.5 Å². The van der Waals surface area contributed by atoms with E-state index in [-0.39, 0.29) is 11.5 Å². The number of aromatic hydroxyl groups is 2. The van der Waals surface area contributed by atoms with Gasteiger partial charge in [-0.2, -0.15) is 0 Å². The Morgan fingerprint density at radius 2 is 2.13 bits per heavy atom. The van der Waals surface area contributed by atoms with Crippen LogP contribution in [0.3, 0.4) is 0 Å². The third kappa shape index (κ3) is 1.76. The molecule has 0 saturated carbocycles. The Morgan fingerprint density at radius 1 is 1.33 bits per heavy atom. The monoisotopic (exact) mass is 206 g/mol. The SMILES string of the molecule is CNCCc1c[nH]c2c(O)cc(O)cc12. The van der Waals surface area contributed by atoms with Crippen LogP contribution in [0.25, 0.3) is 10.9 Å². The van der Waals surface area contributed by atoms with Gasteiger partial charge in [0, 0.05) is 17.6 Å². The van der Waals surface area contributed by atoms with Gasteiger partial charge in [-0.05, 0) is 31.6 Å². The van der Waals surface area contributed by atoms with Crippen molar-refractivity contribution in [1.29, 1.82) is 0 Å². The van der Waals surface area contributed by atoms with Gasteiger partial charge in [0.05, 0.1) is 5.52 Å². The number of H-pyrrole nitrogens is 1. The number of likely N-dealkylation sites (N-methyl/N-ethyl adjacent to an activating group) is 1. The first-order valence-corrected chi connectivity index (χ1v) is 4.89. The molecular formula is C11H14N2O2. The molecule has 0 aliphatic rings. The molecule has 0 fully saturated rings. The van der Waals surface area contributed by atoms with Crippen molar-refractivity contribution >= 4 is 10.9 Å². The number of aromatic nitrogens is 1. The standard InChI is InChI=1S/C11H14N2O2/c1-12-3-2-7-6-13-11-9(7)4-8(14)5-10(11)15/h4-6,12-15H,2-3H2,1H3. The molecule has 4 heteroatoms. The molecule has 2 aromatic rings. The fourth-order valence-electron chi connectivity index (χ4n) is 1.72. The molecule has 0 unspecified atom stereocenters. The largest absolute Gasteiger partial charge is 0.508 e. The number of hydrogen-bond donors (Lipinski definition) is 4. The van der Waals surface area contributed by atoms with Crippen LogP contribution >= 0.6 is 0 Å². The third-order valence-electron chi connectivity index (χ3n) is 2.48. The summed E-state index contributed by atoms with van der Waals surface area (Å²) in [5, 5.41) is 22.9. The zero-order valence-corrected chi connectivity index (χ0v) is 8.54. The van der Waals surface area contributed by atoms with Gasteiger partial charge in [0.2, 0.25) is 0 Å². The maximum Gasteiger partial charge on any atom is 0.143 e. The van der Waals surface area contributed by atoms with Gasteiger partial charge in [-0.3, -0.25) is 0 Å². The van der Waals surface area contributed by atoms with E-state index < -0.39 is 0 Å². The van der Waals surface area contributed by atoms with E-state index >= 15 is 0 Å². The van der Waals surface area contributed by atoms with Crippen molar-refractivity contribution in [3.8, 4) is 11.5 Å². The van der Waals surface area contributed by atoms with Gasteiger partial charge < -0.3 is 20.5 Å². The molecule has 1 aromatic heterocycles. The molecule has 0 amide bonds. The molecule has 0 aliphatic carbocycles. The molecule has 4 N–H and O–H groups in total. The van der Waals surface area contributed by atoms with Gasteiger partial charge in [-0.15, -0.1) is 0 Å². The first-order chi connectivity index (χ1) is 7.22. The van der Waals surface area contributed by atoms with Crippen LogP contribution in [0.15, 0.2) is 18.3 Å². The Kier molecular flexibility index (Phi) is 2.51. The van der Waals surface area contributed by atoms with Crippen LogP contribution in [-0.4, -0.2) is 28.8 Å².